The van der Waals surface area contributed by atoms with Gasteiger partial charge in [-0.25, -0.2) is 5.09 Å². The fourth-order valence-corrected chi connectivity index (χ4v) is 9.34. The van der Waals surface area contributed by atoms with E-state index < -0.39 is 18.4 Å². The molecule has 0 saturated carbocycles. The topological polar surface area (TPSA) is 205 Å². The van der Waals surface area contributed by atoms with Gasteiger partial charge in [-0.05, 0) is 62.8 Å². The van der Waals surface area contributed by atoms with Gasteiger partial charge in [0.2, 0.25) is 17.7 Å². The Morgan fingerprint density at radius 3 is 2.08 bits per heavy atom. The quantitative estimate of drug-likeness (QED) is 0.0128. The van der Waals surface area contributed by atoms with Crippen LogP contribution in [0.2, 0.25) is 0 Å². The smallest absolute Gasteiger partial charge is 0.272 e. The fraction of sp³-hybridized carbons (Fsp3) is 0.717. The van der Waals surface area contributed by atoms with Crippen molar-refractivity contribution in [2.24, 2.45) is 0 Å². The van der Waals surface area contributed by atoms with E-state index >= 15 is 0 Å². The van der Waals surface area contributed by atoms with Crippen LogP contribution in [-0.2, 0) is 35.1 Å². The second kappa shape index (κ2) is 34.1. The Morgan fingerprint density at radius 2 is 1.52 bits per heavy atom. The van der Waals surface area contributed by atoms with Crippen LogP contribution < -0.4 is 15.7 Å². The average molecular weight is 906 g/mol. The number of nitrogens with zero attached hydrogens (tertiary/aromatic N) is 2. The van der Waals surface area contributed by atoms with Crippen LogP contribution in [-0.4, -0.2) is 87.9 Å². The van der Waals surface area contributed by atoms with Crippen molar-refractivity contribution in [1.82, 2.24) is 20.6 Å². The molecule has 0 radical (unpaired) electrons. The molecular weight excluding hydrogens is 830 g/mol. The summed E-state index contributed by atoms with van der Waals surface area (Å²) >= 11 is 1.48. The minimum atomic E-state index is -3.73. The lowest BCUT2D eigenvalue weighted by Gasteiger charge is -2.19. The van der Waals surface area contributed by atoms with Gasteiger partial charge in [0.15, 0.2) is 0 Å². The number of rotatable bonds is 34. The number of imide groups is 1. The number of carbonyl (C=O) groups excluding carboxylic acids is 5. The fourth-order valence-electron chi connectivity index (χ4n) is 7.13. The molecule has 3 unspecified atom stereocenters. The molecule has 2 rings (SSSR count). The van der Waals surface area contributed by atoms with Crippen LogP contribution in [0.25, 0.3) is 0 Å². The molecular formula is C46H76N5O9PS. The first-order valence-electron chi connectivity index (χ1n) is 22.7. The van der Waals surface area contributed by atoms with Gasteiger partial charge < -0.3 is 10.2 Å². The molecule has 3 amide bonds. The maximum Gasteiger partial charge on any atom is 0.272 e. The Hall–Kier alpha value is -3.41. The number of ketones is 2. The summed E-state index contributed by atoms with van der Waals surface area (Å²) in [7, 11) is -3.73. The van der Waals surface area contributed by atoms with Gasteiger partial charge in [-0.2, -0.15) is 11.8 Å². The highest BCUT2D eigenvalue weighted by Gasteiger charge is 2.37. The summed E-state index contributed by atoms with van der Waals surface area (Å²) in [6.45, 7) is 8.88. The van der Waals surface area contributed by atoms with Crippen molar-refractivity contribution in [2.75, 3.05) is 38.6 Å². The summed E-state index contributed by atoms with van der Waals surface area (Å²) in [4.78, 5) is 81.3. The second-order valence-electron chi connectivity index (χ2n) is 16.2. The highest BCUT2D eigenvalue weighted by molar-refractivity contribution is 8.00. The minimum Gasteiger partial charge on any atom is -0.352 e. The Morgan fingerprint density at radius 1 is 0.935 bits per heavy atom. The Labute approximate surface area is 375 Å². The number of thioether (sulfide) groups is 1. The van der Waals surface area contributed by atoms with Crippen molar-refractivity contribution in [1.29, 1.82) is 0 Å². The van der Waals surface area contributed by atoms with Crippen molar-refractivity contribution in [2.45, 2.75) is 174 Å². The van der Waals surface area contributed by atoms with E-state index in [9.17, 15) is 43.5 Å². The molecule has 0 spiro atoms. The van der Waals surface area contributed by atoms with Crippen molar-refractivity contribution in [3.05, 3.63) is 39.4 Å². The van der Waals surface area contributed by atoms with E-state index in [4.69, 9.17) is 0 Å². The number of carbonyl (C=O) groups is 5. The standard InChI is InChI=1S/C23H35N4O6P.C23H41NO3S/c1-4-5-12-24-16-21(29)9-7-6-8-13-26-34(32,33)17-18(2)22-14-20(15-25-19(3)28)10-11-23(22)27(30)31;1-3-4-5-10-13-16-20(25)17-14-11-8-6-7-9-12-15-18-24-22(26)19-21(28-2)23(24)27/h10-11,14,18,24H,6-9,12-13,15-17H2,1-3H3,(H,25,28)(H2,26,32,33);21H,3-19H2,1-2H3. The predicted octanol–water partition coefficient (Wildman–Crippen LogP) is 8.77. The van der Waals surface area contributed by atoms with Crippen LogP contribution in [0.5, 0.6) is 0 Å². The first-order chi connectivity index (χ1) is 29.6. The van der Waals surface area contributed by atoms with Gasteiger partial charge in [0, 0.05) is 70.0 Å². The summed E-state index contributed by atoms with van der Waals surface area (Å²) < 4.78 is 12.6. The lowest BCUT2D eigenvalue weighted by atomic mass is 9.98. The van der Waals surface area contributed by atoms with Gasteiger partial charge in [0.25, 0.3) is 13.2 Å². The average Bonchev–Trinajstić information content (AvgIpc) is 3.51. The zero-order valence-electron chi connectivity index (χ0n) is 38.2. The zero-order chi connectivity index (χ0) is 46.2. The molecule has 0 aliphatic carbocycles. The van der Waals surface area contributed by atoms with E-state index in [2.05, 4.69) is 34.5 Å². The van der Waals surface area contributed by atoms with Crippen LogP contribution in [0.4, 0.5) is 5.69 Å². The van der Waals surface area contributed by atoms with Crippen LogP contribution in [0, 0.1) is 22.0 Å². The number of hydrogen-bond donors (Lipinski definition) is 4. The summed E-state index contributed by atoms with van der Waals surface area (Å²) in [5, 5.41) is 19.5. The monoisotopic (exact) mass is 906 g/mol. The number of Topliss-reactive ketones (excluding diaryl/α,β-unsaturated/α-hetero) is 2. The molecule has 1 aromatic carbocycles. The third kappa shape index (κ3) is 26.3. The van der Waals surface area contributed by atoms with Gasteiger partial charge >= 0.3 is 0 Å². The highest BCUT2D eigenvalue weighted by atomic mass is 32.2. The van der Waals surface area contributed by atoms with Crippen molar-refractivity contribution in [3.63, 3.8) is 0 Å². The number of hydrogen-bond acceptors (Lipinski definition) is 10. The molecule has 1 aliphatic rings. The van der Waals surface area contributed by atoms with E-state index in [-0.39, 0.29) is 53.7 Å². The Bertz CT molecular complexity index is 1650. The van der Waals surface area contributed by atoms with Crippen LogP contribution in [0.15, 0.2) is 18.2 Å². The maximum absolute atomic E-state index is 12.6. The normalized spacial score (nSPS) is 14.9. The molecule has 62 heavy (non-hydrogen) atoms. The number of likely N-dealkylation sites (tertiary alicyclic amines) is 1. The largest absolute Gasteiger partial charge is 0.352 e. The number of nitro groups is 1. The molecule has 4 N–H and O–H groups in total. The van der Waals surface area contributed by atoms with Crippen molar-refractivity contribution < 1.29 is 38.4 Å². The number of nitro benzene ring substituents is 1. The zero-order valence-corrected chi connectivity index (χ0v) is 39.9. The molecule has 1 saturated heterocycles. The van der Waals surface area contributed by atoms with Gasteiger partial charge in [-0.15, -0.1) is 5.92 Å². The third-order valence-electron chi connectivity index (χ3n) is 10.7. The molecule has 3 atom stereocenters. The molecule has 1 fully saturated rings. The number of unbranched alkanes of at least 4 members (excludes halogenated alkanes) is 13. The van der Waals surface area contributed by atoms with Crippen molar-refractivity contribution >= 4 is 54.3 Å². The molecule has 0 bridgehead atoms. The number of benzene rings is 1. The second-order valence-corrected chi connectivity index (χ2v) is 19.4. The summed E-state index contributed by atoms with van der Waals surface area (Å²) in [5.41, 5.74) is 0.896. The molecule has 1 heterocycles. The molecule has 1 aliphatic heterocycles. The van der Waals surface area contributed by atoms with E-state index in [1.54, 1.807) is 26.0 Å². The molecule has 14 nitrogen and oxygen atoms in total. The van der Waals surface area contributed by atoms with E-state index in [1.165, 1.54) is 81.0 Å². The summed E-state index contributed by atoms with van der Waals surface area (Å²) in [5.74, 6) is 5.36. The van der Waals surface area contributed by atoms with Gasteiger partial charge in [-0.3, -0.25) is 48.9 Å². The first-order valence-corrected chi connectivity index (χ1v) is 25.9. The van der Waals surface area contributed by atoms with E-state index in [1.807, 2.05) is 6.26 Å². The number of amides is 3. The summed E-state index contributed by atoms with van der Waals surface area (Å²) in [6, 6.07) is 4.51. The van der Waals surface area contributed by atoms with Gasteiger partial charge in [-0.1, -0.05) is 96.5 Å². The molecule has 1 aromatic rings. The third-order valence-corrected chi connectivity index (χ3v) is 13.4. The SMILES string of the molecule is CC#CCNCC(=O)CCCCCNP(=O)(O)CC(C)c1cc(CNC(C)=O)ccc1[N+](=O)[O-].CCCCCCCC(=O)CCCCCCCCCCN1C(=O)CC(SC)C1=O. The minimum absolute atomic E-state index is 0.000133. The number of nitrogens with one attached hydrogen (secondary N) is 3. The van der Waals surface area contributed by atoms with Gasteiger partial charge in [0.05, 0.1) is 23.3 Å². The van der Waals surface area contributed by atoms with Crippen LogP contribution in [0.3, 0.4) is 0 Å². The highest BCUT2D eigenvalue weighted by Crippen LogP contribution is 2.42. The van der Waals surface area contributed by atoms with Crippen LogP contribution in [0.1, 0.15) is 173 Å². The summed E-state index contributed by atoms with van der Waals surface area (Å²) in [6.07, 6.45) is 21.3. The molecule has 350 valence electrons. The van der Waals surface area contributed by atoms with E-state index in [0.717, 1.165) is 51.4 Å². The molecule has 16 heteroatoms. The maximum atomic E-state index is 12.6. The predicted molar refractivity (Wildman–Crippen MR) is 250 cm³/mol. The first kappa shape index (κ1) is 56.6. The Balaban J connectivity index is 0.000000632. The van der Waals surface area contributed by atoms with Crippen molar-refractivity contribution in [3.8, 4) is 11.8 Å². The lowest BCUT2D eigenvalue weighted by Crippen LogP contribution is -2.32. The Kier molecular flexibility index (Phi) is 31.1. The van der Waals surface area contributed by atoms with Crippen LogP contribution >= 0.6 is 19.3 Å². The van der Waals surface area contributed by atoms with E-state index in [0.29, 0.717) is 62.2 Å². The van der Waals surface area contributed by atoms with Gasteiger partial charge in [0.1, 0.15) is 11.6 Å². The molecule has 0 aromatic heterocycles. The lowest BCUT2D eigenvalue weighted by molar-refractivity contribution is -0.385.